The molecule has 1 rings (SSSR count). The lowest BCUT2D eigenvalue weighted by Crippen LogP contribution is -2.09. The Kier molecular flexibility index (Phi) is 4.91. The van der Waals surface area contributed by atoms with Gasteiger partial charge in [0.05, 0.1) is 5.69 Å². The molecule has 1 aromatic rings. The first kappa shape index (κ1) is 13.6. The fraction of sp³-hybridized carbons (Fsp3) is 0.833. The molecule has 1 heterocycles. The van der Waals surface area contributed by atoms with Crippen molar-refractivity contribution in [3.63, 3.8) is 0 Å². The molecule has 1 unspecified atom stereocenters. The van der Waals surface area contributed by atoms with Crippen LogP contribution in [0.2, 0.25) is 0 Å². The van der Waals surface area contributed by atoms with Crippen molar-refractivity contribution < 1.29 is 0 Å². The molecule has 0 radical (unpaired) electrons. The van der Waals surface area contributed by atoms with Gasteiger partial charge in [0.15, 0.2) is 0 Å². The zero-order chi connectivity index (χ0) is 12.3. The SMILES string of the molecule is CCn1cc(C(C)P(C(C)C)C(C)C)nn1. The van der Waals surface area contributed by atoms with Gasteiger partial charge >= 0.3 is 0 Å². The van der Waals surface area contributed by atoms with Crippen LogP contribution in [-0.4, -0.2) is 26.3 Å². The Morgan fingerprint density at radius 3 is 2.12 bits per heavy atom. The highest BCUT2D eigenvalue weighted by molar-refractivity contribution is 7.59. The number of aromatic nitrogens is 3. The van der Waals surface area contributed by atoms with Crippen LogP contribution in [0.15, 0.2) is 6.20 Å². The third kappa shape index (κ3) is 3.04. The summed E-state index contributed by atoms with van der Waals surface area (Å²) < 4.78 is 1.92. The summed E-state index contributed by atoms with van der Waals surface area (Å²) >= 11 is 0. The van der Waals surface area contributed by atoms with Gasteiger partial charge in [-0.3, -0.25) is 4.68 Å². The van der Waals surface area contributed by atoms with Crippen LogP contribution in [0.5, 0.6) is 0 Å². The predicted octanol–water partition coefficient (Wildman–Crippen LogP) is 3.66. The Bertz CT molecular complexity index is 312. The van der Waals surface area contributed by atoms with E-state index in [2.05, 4.69) is 58.1 Å². The molecular weight excluding hydrogens is 217 g/mol. The minimum Gasteiger partial charge on any atom is -0.253 e. The second-order valence-electron chi connectivity index (χ2n) is 4.81. The van der Waals surface area contributed by atoms with Crippen molar-refractivity contribution in [1.82, 2.24) is 15.0 Å². The lowest BCUT2D eigenvalue weighted by molar-refractivity contribution is 0.626. The minimum atomic E-state index is -0.0237. The zero-order valence-corrected chi connectivity index (χ0v) is 12.2. The van der Waals surface area contributed by atoms with Gasteiger partial charge in [-0.15, -0.1) is 5.10 Å². The van der Waals surface area contributed by atoms with Crippen molar-refractivity contribution in [3.05, 3.63) is 11.9 Å². The molecule has 0 aliphatic heterocycles. The largest absolute Gasteiger partial charge is 0.253 e. The van der Waals surface area contributed by atoms with E-state index in [-0.39, 0.29) is 7.92 Å². The summed E-state index contributed by atoms with van der Waals surface area (Å²) in [5.74, 6) is 0. The summed E-state index contributed by atoms with van der Waals surface area (Å²) in [5, 5.41) is 8.44. The summed E-state index contributed by atoms with van der Waals surface area (Å²) in [4.78, 5) is 0. The number of nitrogens with zero attached hydrogens (tertiary/aromatic N) is 3. The minimum absolute atomic E-state index is 0.0237. The predicted molar refractivity (Wildman–Crippen MR) is 71.3 cm³/mol. The third-order valence-corrected chi connectivity index (χ3v) is 6.49. The molecule has 0 N–H and O–H groups in total. The van der Waals surface area contributed by atoms with E-state index in [1.54, 1.807) is 0 Å². The smallest absolute Gasteiger partial charge is 0.0898 e. The molecular formula is C12H24N3P. The van der Waals surface area contributed by atoms with E-state index >= 15 is 0 Å². The standard InChI is InChI=1S/C12H24N3P/c1-7-15-8-12(13-14-15)11(6)16(9(2)3)10(4)5/h8-11H,7H2,1-6H3. The molecule has 16 heavy (non-hydrogen) atoms. The molecule has 0 fully saturated rings. The average molecular weight is 241 g/mol. The lowest BCUT2D eigenvalue weighted by Gasteiger charge is -2.30. The highest BCUT2D eigenvalue weighted by Crippen LogP contribution is 2.57. The molecule has 3 nitrogen and oxygen atoms in total. The second-order valence-corrected chi connectivity index (χ2v) is 8.54. The van der Waals surface area contributed by atoms with Gasteiger partial charge in [0.1, 0.15) is 0 Å². The molecule has 92 valence electrons. The summed E-state index contributed by atoms with van der Waals surface area (Å²) in [6.45, 7) is 14.6. The Hall–Kier alpha value is -0.430. The molecule has 0 saturated carbocycles. The highest BCUT2D eigenvalue weighted by Gasteiger charge is 2.26. The van der Waals surface area contributed by atoms with E-state index < -0.39 is 0 Å². The van der Waals surface area contributed by atoms with Crippen molar-refractivity contribution >= 4 is 7.92 Å². The van der Waals surface area contributed by atoms with Crippen molar-refractivity contribution in [2.24, 2.45) is 0 Å². The Morgan fingerprint density at radius 2 is 1.75 bits per heavy atom. The molecule has 0 saturated heterocycles. The van der Waals surface area contributed by atoms with E-state index in [0.29, 0.717) is 5.66 Å². The first-order valence-electron chi connectivity index (χ1n) is 6.14. The van der Waals surface area contributed by atoms with Crippen molar-refractivity contribution in [2.45, 2.75) is 65.1 Å². The molecule has 0 aliphatic carbocycles. The molecule has 4 heteroatoms. The summed E-state index contributed by atoms with van der Waals surface area (Å²) in [7, 11) is -0.0237. The van der Waals surface area contributed by atoms with Crippen LogP contribution in [0.4, 0.5) is 0 Å². The van der Waals surface area contributed by atoms with Gasteiger partial charge in [-0.1, -0.05) is 47.8 Å². The number of rotatable bonds is 5. The number of hydrogen-bond donors (Lipinski definition) is 0. The van der Waals surface area contributed by atoms with Crippen molar-refractivity contribution in [1.29, 1.82) is 0 Å². The van der Waals surface area contributed by atoms with Crippen LogP contribution in [0.1, 0.15) is 52.9 Å². The van der Waals surface area contributed by atoms with Crippen LogP contribution in [0.25, 0.3) is 0 Å². The van der Waals surface area contributed by atoms with E-state index in [1.807, 2.05) is 4.68 Å². The molecule has 1 aromatic heterocycles. The zero-order valence-electron chi connectivity index (χ0n) is 11.3. The maximum atomic E-state index is 4.30. The van der Waals surface area contributed by atoms with Crippen LogP contribution in [0.3, 0.4) is 0 Å². The lowest BCUT2D eigenvalue weighted by atomic mass is 10.4. The van der Waals surface area contributed by atoms with Crippen LogP contribution in [0, 0.1) is 0 Å². The Labute approximate surface area is 100 Å². The summed E-state index contributed by atoms with van der Waals surface area (Å²) in [6.07, 6.45) is 2.10. The molecule has 0 bridgehead atoms. The average Bonchev–Trinajstić information content (AvgIpc) is 2.64. The Morgan fingerprint density at radius 1 is 1.19 bits per heavy atom. The number of hydrogen-bond acceptors (Lipinski definition) is 2. The van der Waals surface area contributed by atoms with Crippen LogP contribution < -0.4 is 0 Å². The van der Waals surface area contributed by atoms with Gasteiger partial charge in [-0.2, -0.15) is 0 Å². The van der Waals surface area contributed by atoms with Gasteiger partial charge in [-0.25, -0.2) is 0 Å². The van der Waals surface area contributed by atoms with Gasteiger partial charge in [-0.05, 0) is 18.2 Å². The monoisotopic (exact) mass is 241 g/mol. The topological polar surface area (TPSA) is 30.7 Å². The van der Waals surface area contributed by atoms with Gasteiger partial charge in [0, 0.05) is 18.4 Å². The first-order chi connectivity index (χ1) is 7.47. The molecule has 0 aromatic carbocycles. The molecule has 1 atom stereocenters. The quantitative estimate of drug-likeness (QED) is 0.736. The van der Waals surface area contributed by atoms with E-state index in [9.17, 15) is 0 Å². The summed E-state index contributed by atoms with van der Waals surface area (Å²) in [5.41, 5.74) is 3.21. The number of aryl methyl sites for hydroxylation is 1. The maximum Gasteiger partial charge on any atom is 0.0898 e. The highest BCUT2D eigenvalue weighted by atomic mass is 31.1. The van der Waals surface area contributed by atoms with Gasteiger partial charge in [0.2, 0.25) is 0 Å². The van der Waals surface area contributed by atoms with Crippen molar-refractivity contribution in [2.75, 3.05) is 0 Å². The second kappa shape index (κ2) is 5.77. The molecule has 0 amide bonds. The summed E-state index contributed by atoms with van der Waals surface area (Å²) in [6, 6.07) is 0. The Balaban J connectivity index is 2.85. The first-order valence-corrected chi connectivity index (χ1v) is 7.69. The maximum absolute atomic E-state index is 4.30. The third-order valence-electron chi connectivity index (χ3n) is 2.95. The van der Waals surface area contributed by atoms with Crippen LogP contribution in [-0.2, 0) is 6.54 Å². The van der Waals surface area contributed by atoms with Crippen molar-refractivity contribution in [3.8, 4) is 0 Å². The van der Waals surface area contributed by atoms with Gasteiger partial charge in [0.25, 0.3) is 0 Å². The van der Waals surface area contributed by atoms with E-state index in [1.165, 1.54) is 0 Å². The molecule has 0 aliphatic rings. The molecule has 0 spiro atoms. The fourth-order valence-electron chi connectivity index (χ4n) is 2.30. The fourth-order valence-corrected chi connectivity index (χ4v) is 5.71. The van der Waals surface area contributed by atoms with E-state index in [4.69, 9.17) is 0 Å². The van der Waals surface area contributed by atoms with E-state index in [0.717, 1.165) is 23.6 Å². The van der Waals surface area contributed by atoms with Crippen LogP contribution >= 0.6 is 7.92 Å². The van der Waals surface area contributed by atoms with Gasteiger partial charge < -0.3 is 0 Å². The normalized spacial score (nSPS) is 14.1.